The minimum Gasteiger partial charge on any atom is -0.309 e. The van der Waals surface area contributed by atoms with Crippen LogP contribution in [0.4, 0.5) is 0 Å². The van der Waals surface area contributed by atoms with Crippen LogP contribution in [0.5, 0.6) is 0 Å². The number of nitrogens with zero attached hydrogens (tertiary/aromatic N) is 10. The predicted octanol–water partition coefficient (Wildman–Crippen LogP) is 32.8. The Balaban J connectivity index is 0.000000145. The third-order valence-corrected chi connectivity index (χ3v) is 28.3. The number of hydrogen-bond acceptors (Lipinski definition) is 10. The molecule has 0 radical (unpaired) electrons. The van der Waals surface area contributed by atoms with Crippen LogP contribution < -0.4 is 0 Å². The molecule has 0 spiro atoms. The molecule has 0 saturated carbocycles. The second kappa shape index (κ2) is 34.6. The third kappa shape index (κ3) is 14.6. The highest BCUT2D eigenvalue weighted by Gasteiger charge is 2.27. The monoisotopic (exact) mass is 1770 g/mol. The van der Waals surface area contributed by atoms with E-state index in [1.807, 2.05) is 132 Å². The Morgan fingerprint density at radius 2 is 0.485 bits per heavy atom. The number of benzene rings is 18. The number of thiophene rings is 2. The third-order valence-electron chi connectivity index (χ3n) is 25.8. The van der Waals surface area contributed by atoms with E-state index in [9.17, 15) is 0 Å². The minimum atomic E-state index is 0.553. The fourth-order valence-corrected chi connectivity index (χ4v) is 22.1. The molecular formula is C124H78N10S2. The maximum atomic E-state index is 5.47. The SMILES string of the molecule is c1ccc(-c2nc(-c3ccccc3)nc(-c3cc(-c4ccc(-c5ccccc5)c(-c5ccccc5)c4)cnc3-c3ccc4c(c3)sc3c4ccc4c3c3ccccc3n4-c3ccccc3)n2)cc1.c1ccc(-c2nc(-c3ccccc3)nc(-c3cc(-c4ccc(-c5ccccc5)c(-c5ccccc5)c4)cnc3-c3cccc4c3sc3c4ccc4c3c3ccccc3n4-c3ccccc3)n2)cc1. The predicted molar refractivity (Wildman–Crippen MR) is 566 cm³/mol. The summed E-state index contributed by atoms with van der Waals surface area (Å²) in [5.41, 5.74) is 29.2. The molecule has 0 aliphatic rings. The summed E-state index contributed by atoms with van der Waals surface area (Å²) >= 11 is 3.67. The van der Waals surface area contributed by atoms with Gasteiger partial charge in [-0.3, -0.25) is 9.97 Å². The molecule has 0 aliphatic heterocycles. The number of hydrogen-bond donors (Lipinski definition) is 0. The summed E-state index contributed by atoms with van der Waals surface area (Å²) in [6.07, 6.45) is 4.01. The van der Waals surface area contributed by atoms with Crippen molar-refractivity contribution in [3.05, 3.63) is 473 Å². The van der Waals surface area contributed by atoms with Gasteiger partial charge in [0.2, 0.25) is 0 Å². The molecule has 0 N–H and O–H groups in total. The van der Waals surface area contributed by atoms with Crippen molar-refractivity contribution < 1.29 is 0 Å². The van der Waals surface area contributed by atoms with E-state index < -0.39 is 0 Å². The van der Waals surface area contributed by atoms with Crippen LogP contribution >= 0.6 is 22.7 Å². The lowest BCUT2D eigenvalue weighted by atomic mass is 9.91. The fourth-order valence-electron chi connectivity index (χ4n) is 19.4. The van der Waals surface area contributed by atoms with E-state index in [4.69, 9.17) is 39.9 Å². The number of para-hydroxylation sites is 4. The fraction of sp³-hybridized carbons (Fsp3) is 0. The topological polar surface area (TPSA) is 113 Å². The van der Waals surface area contributed by atoms with Crippen molar-refractivity contribution in [3.8, 4) is 169 Å². The smallest absolute Gasteiger partial charge is 0.166 e. The van der Waals surface area contributed by atoms with Crippen LogP contribution in [-0.2, 0) is 0 Å². The molecule has 10 nitrogen and oxygen atoms in total. The Bertz CT molecular complexity index is 8940. The van der Waals surface area contributed by atoms with Crippen LogP contribution in [0.15, 0.2) is 473 Å². The normalized spacial score (nSPS) is 11.5. The summed E-state index contributed by atoms with van der Waals surface area (Å²) in [6.45, 7) is 0. The van der Waals surface area contributed by atoms with Crippen molar-refractivity contribution >= 4 is 107 Å². The average Bonchev–Trinajstić information content (AvgIpc) is 1.56. The van der Waals surface area contributed by atoms with Gasteiger partial charge in [-0.1, -0.05) is 382 Å². The van der Waals surface area contributed by atoms with Crippen molar-refractivity contribution in [2.24, 2.45) is 0 Å². The van der Waals surface area contributed by atoms with E-state index in [-0.39, 0.29) is 0 Å². The van der Waals surface area contributed by atoms with Gasteiger partial charge in [-0.05, 0) is 134 Å². The average molecular weight is 1770 g/mol. The zero-order valence-electron chi connectivity index (χ0n) is 73.3. The summed E-state index contributed by atoms with van der Waals surface area (Å²) in [5.74, 6) is 3.50. The number of rotatable bonds is 16. The highest BCUT2D eigenvalue weighted by atomic mass is 32.1. The van der Waals surface area contributed by atoms with Crippen molar-refractivity contribution in [2.45, 2.75) is 0 Å². The van der Waals surface area contributed by atoms with E-state index in [0.29, 0.717) is 34.9 Å². The van der Waals surface area contributed by atoms with Crippen LogP contribution in [0.1, 0.15) is 0 Å². The Labute approximate surface area is 792 Å². The van der Waals surface area contributed by atoms with Gasteiger partial charge < -0.3 is 9.13 Å². The van der Waals surface area contributed by atoms with Gasteiger partial charge in [0.25, 0.3) is 0 Å². The van der Waals surface area contributed by atoms with Gasteiger partial charge in [-0.25, -0.2) is 29.9 Å². The van der Waals surface area contributed by atoms with Crippen molar-refractivity contribution in [1.29, 1.82) is 0 Å². The summed E-state index contributed by atoms with van der Waals surface area (Å²) in [4.78, 5) is 42.1. The molecule has 18 aromatic carbocycles. The van der Waals surface area contributed by atoms with E-state index in [0.717, 1.165) is 122 Å². The highest BCUT2D eigenvalue weighted by molar-refractivity contribution is 7.27. The minimum absolute atomic E-state index is 0.553. The van der Waals surface area contributed by atoms with Crippen molar-refractivity contribution in [2.75, 3.05) is 0 Å². The lowest BCUT2D eigenvalue weighted by molar-refractivity contribution is 1.07. The Kier molecular flexibility index (Phi) is 20.4. The zero-order valence-corrected chi connectivity index (χ0v) is 75.0. The molecule has 0 fully saturated rings. The number of aromatic nitrogens is 10. The first-order chi connectivity index (χ1) is 67.4. The lowest BCUT2D eigenvalue weighted by Crippen LogP contribution is -2.02. The van der Waals surface area contributed by atoms with Crippen LogP contribution in [0, 0.1) is 0 Å². The molecule has 0 amide bonds. The second-order valence-electron chi connectivity index (χ2n) is 33.9. The Morgan fingerprint density at radius 3 is 0.912 bits per heavy atom. The largest absolute Gasteiger partial charge is 0.309 e. The molecule has 26 aromatic rings. The standard InChI is InChI=1S/2C62H39N5S/c1-6-19-40(20-7-1)47-34-33-44(37-52(47)41-21-8-2-9-22-41)45-38-53(62-65-60(42-23-10-3-11-24-42)64-61(66-62)43-25-12-4-13-26-43)57(63-39-45)51-31-18-30-48-49-35-36-55-56(59(49)68-58(48)51)50-29-16-17-32-54(50)67(55)46-27-14-5-15-28-46;1-6-18-40(19-7-1)48-32-30-44(36-52(48)41-20-8-2-9-21-41)46-37-53(62-65-60(42-22-10-3-11-23-42)64-61(66-62)43-24-12-4-13-25-43)58(63-39-46)45-31-33-49-50-34-35-55-57(59(50)68-56(49)38-45)51-28-16-17-29-54(51)67(55)47-26-14-5-15-27-47/h2*1-39H. The van der Waals surface area contributed by atoms with Gasteiger partial charge >= 0.3 is 0 Å². The van der Waals surface area contributed by atoms with Gasteiger partial charge in [0.1, 0.15) is 0 Å². The molecule has 0 saturated heterocycles. The van der Waals surface area contributed by atoms with Gasteiger partial charge in [-0.2, -0.15) is 0 Å². The maximum Gasteiger partial charge on any atom is 0.166 e. The summed E-state index contributed by atoms with van der Waals surface area (Å²) in [5, 5.41) is 9.87. The van der Waals surface area contributed by atoms with E-state index in [1.54, 1.807) is 0 Å². The van der Waals surface area contributed by atoms with Crippen molar-refractivity contribution in [3.63, 3.8) is 0 Å². The highest BCUT2D eigenvalue weighted by Crippen LogP contribution is 2.51. The molecule has 8 aromatic heterocycles. The first-order valence-corrected chi connectivity index (χ1v) is 47.2. The first kappa shape index (κ1) is 80.4. The first-order valence-electron chi connectivity index (χ1n) is 45.6. The molecule has 636 valence electrons. The number of pyridine rings is 2. The molecule has 0 unspecified atom stereocenters. The van der Waals surface area contributed by atoms with Crippen LogP contribution in [-0.4, -0.2) is 49.0 Å². The number of fused-ring (bicyclic) bond motifs is 14. The van der Waals surface area contributed by atoms with E-state index in [2.05, 4.69) is 373 Å². The lowest BCUT2D eigenvalue weighted by Gasteiger charge is -2.16. The molecule has 0 aliphatic carbocycles. The molecule has 0 bridgehead atoms. The Morgan fingerprint density at radius 1 is 0.169 bits per heavy atom. The van der Waals surface area contributed by atoms with Gasteiger partial charge in [0.05, 0.1) is 33.5 Å². The molecule has 26 rings (SSSR count). The molecule has 12 heteroatoms. The van der Waals surface area contributed by atoms with Crippen LogP contribution in [0.3, 0.4) is 0 Å². The van der Waals surface area contributed by atoms with E-state index >= 15 is 0 Å². The maximum absolute atomic E-state index is 5.47. The van der Waals surface area contributed by atoms with Crippen LogP contribution in [0.25, 0.3) is 253 Å². The quantitative estimate of drug-likeness (QED) is 0.0940. The second-order valence-corrected chi connectivity index (χ2v) is 36.0. The van der Waals surface area contributed by atoms with Gasteiger partial charge in [-0.15, -0.1) is 22.7 Å². The molecule has 8 heterocycles. The van der Waals surface area contributed by atoms with Gasteiger partial charge in [0.15, 0.2) is 34.9 Å². The van der Waals surface area contributed by atoms with E-state index in [1.165, 1.54) is 95.9 Å². The van der Waals surface area contributed by atoms with Gasteiger partial charge in [0, 0.05) is 141 Å². The molecule has 136 heavy (non-hydrogen) atoms. The summed E-state index contributed by atoms with van der Waals surface area (Å²) in [7, 11) is 0. The summed E-state index contributed by atoms with van der Waals surface area (Å²) < 4.78 is 9.64. The molecule has 0 atom stereocenters. The van der Waals surface area contributed by atoms with Crippen LogP contribution in [0.2, 0.25) is 0 Å². The zero-order chi connectivity index (χ0) is 89.9. The van der Waals surface area contributed by atoms with Crippen molar-refractivity contribution in [1.82, 2.24) is 49.0 Å². The summed E-state index contributed by atoms with van der Waals surface area (Å²) in [6, 6.07) is 162. The Hall–Kier alpha value is -17.7. The molecular weight excluding hydrogens is 1690 g/mol.